The Kier molecular flexibility index (Phi) is 3.02. The average Bonchev–Trinajstić information content (AvgIpc) is 2.34. The third-order valence-corrected chi connectivity index (χ3v) is 2.10. The van der Waals surface area contributed by atoms with Gasteiger partial charge < -0.3 is 10.6 Å². The number of thiophene rings is 1. The van der Waals surface area contributed by atoms with Crippen LogP contribution in [0.5, 0.6) is 0 Å². The molecule has 1 rings (SSSR count). The van der Waals surface area contributed by atoms with Crippen molar-refractivity contribution in [3.63, 3.8) is 0 Å². The molecular weight excluding hydrogens is 188 g/mol. The number of anilines is 2. The quantitative estimate of drug-likeness (QED) is 0.759. The van der Waals surface area contributed by atoms with Gasteiger partial charge >= 0.3 is 0 Å². The van der Waals surface area contributed by atoms with Gasteiger partial charge in [-0.1, -0.05) is 0 Å². The second-order valence-corrected chi connectivity index (χ2v) is 3.44. The van der Waals surface area contributed by atoms with Crippen LogP contribution < -0.4 is 10.6 Å². The monoisotopic (exact) mass is 198 g/mol. The molecule has 0 aliphatic carbocycles. The Hall–Kier alpha value is -1.36. The van der Waals surface area contributed by atoms with Crippen LogP contribution in [0.4, 0.5) is 10.7 Å². The van der Waals surface area contributed by atoms with Crippen LogP contribution in [0.2, 0.25) is 0 Å². The van der Waals surface area contributed by atoms with Crippen molar-refractivity contribution in [1.29, 1.82) is 0 Å². The zero-order valence-corrected chi connectivity index (χ0v) is 8.20. The Balaban J connectivity index is 2.76. The summed E-state index contributed by atoms with van der Waals surface area (Å²) in [4.78, 5) is 21.5. The maximum absolute atomic E-state index is 10.7. The van der Waals surface area contributed by atoms with Crippen LogP contribution in [0.1, 0.15) is 13.8 Å². The first-order valence-electron chi connectivity index (χ1n) is 3.72. The van der Waals surface area contributed by atoms with E-state index >= 15 is 0 Å². The minimum atomic E-state index is -0.148. The summed E-state index contributed by atoms with van der Waals surface area (Å²) in [6, 6.07) is 1.75. The molecule has 1 aromatic rings. The summed E-state index contributed by atoms with van der Waals surface area (Å²) >= 11 is 1.37. The molecule has 5 heteroatoms. The highest BCUT2D eigenvalue weighted by Gasteiger charge is 2.05. The van der Waals surface area contributed by atoms with E-state index in [-0.39, 0.29) is 11.8 Å². The van der Waals surface area contributed by atoms with Crippen LogP contribution >= 0.6 is 11.3 Å². The predicted octanol–water partition coefficient (Wildman–Crippen LogP) is 1.66. The molecule has 13 heavy (non-hydrogen) atoms. The molecule has 0 spiro atoms. The van der Waals surface area contributed by atoms with Crippen molar-refractivity contribution in [2.45, 2.75) is 13.8 Å². The summed E-state index contributed by atoms with van der Waals surface area (Å²) in [5.41, 5.74) is 0.646. The summed E-state index contributed by atoms with van der Waals surface area (Å²) in [6.07, 6.45) is 0. The van der Waals surface area contributed by atoms with Gasteiger partial charge in [-0.3, -0.25) is 9.59 Å². The van der Waals surface area contributed by atoms with Crippen LogP contribution in [-0.2, 0) is 9.59 Å². The van der Waals surface area contributed by atoms with Crippen molar-refractivity contribution in [1.82, 2.24) is 0 Å². The molecule has 2 amide bonds. The Morgan fingerprint density at radius 2 is 1.85 bits per heavy atom. The summed E-state index contributed by atoms with van der Waals surface area (Å²) in [7, 11) is 0. The van der Waals surface area contributed by atoms with Gasteiger partial charge in [0.05, 0.1) is 5.69 Å². The Bertz CT molecular complexity index is 302. The fraction of sp³-hybridized carbons (Fsp3) is 0.250. The van der Waals surface area contributed by atoms with E-state index < -0.39 is 0 Å². The highest BCUT2D eigenvalue weighted by Crippen LogP contribution is 2.28. The van der Waals surface area contributed by atoms with Crippen molar-refractivity contribution in [3.8, 4) is 0 Å². The first-order valence-corrected chi connectivity index (χ1v) is 4.60. The Morgan fingerprint density at radius 3 is 2.38 bits per heavy atom. The van der Waals surface area contributed by atoms with Crippen LogP contribution in [0.3, 0.4) is 0 Å². The smallest absolute Gasteiger partial charge is 0.221 e. The molecule has 0 atom stereocenters. The molecule has 4 nitrogen and oxygen atoms in total. The maximum Gasteiger partial charge on any atom is 0.221 e. The lowest BCUT2D eigenvalue weighted by molar-refractivity contribution is -0.115. The van der Waals surface area contributed by atoms with E-state index in [0.717, 1.165) is 0 Å². The van der Waals surface area contributed by atoms with Gasteiger partial charge in [-0.25, -0.2) is 0 Å². The summed E-state index contributed by atoms with van der Waals surface area (Å²) in [6.45, 7) is 2.85. The van der Waals surface area contributed by atoms with Gasteiger partial charge in [-0.2, -0.15) is 0 Å². The average molecular weight is 198 g/mol. The molecule has 0 saturated heterocycles. The third kappa shape index (κ3) is 2.87. The number of carbonyl (C=O) groups excluding carboxylic acids is 2. The third-order valence-electron chi connectivity index (χ3n) is 1.27. The molecule has 0 aliphatic heterocycles. The van der Waals surface area contributed by atoms with Crippen LogP contribution in [0.15, 0.2) is 11.4 Å². The van der Waals surface area contributed by atoms with Gasteiger partial charge in [-0.05, 0) is 11.4 Å². The van der Waals surface area contributed by atoms with Crippen molar-refractivity contribution in [2.75, 3.05) is 10.6 Å². The largest absolute Gasteiger partial charge is 0.324 e. The lowest BCUT2D eigenvalue weighted by Crippen LogP contribution is -2.10. The van der Waals surface area contributed by atoms with E-state index in [1.807, 2.05) is 0 Å². The molecule has 0 radical (unpaired) electrons. The fourth-order valence-corrected chi connectivity index (χ4v) is 1.64. The molecule has 70 valence electrons. The molecular formula is C8H10N2O2S. The van der Waals surface area contributed by atoms with E-state index in [1.54, 1.807) is 11.4 Å². The van der Waals surface area contributed by atoms with E-state index in [9.17, 15) is 9.59 Å². The normalized spacial score (nSPS) is 9.38. The van der Waals surface area contributed by atoms with Gasteiger partial charge in [0.15, 0.2) is 0 Å². The molecule has 0 aliphatic rings. The predicted molar refractivity (Wildman–Crippen MR) is 52.9 cm³/mol. The maximum atomic E-state index is 10.7. The number of hydrogen-bond donors (Lipinski definition) is 2. The Morgan fingerprint density at radius 1 is 1.23 bits per heavy atom. The molecule has 0 unspecified atom stereocenters. The number of amides is 2. The number of rotatable bonds is 2. The molecule has 0 aromatic carbocycles. The zero-order valence-electron chi connectivity index (χ0n) is 7.38. The van der Waals surface area contributed by atoms with E-state index in [2.05, 4.69) is 10.6 Å². The van der Waals surface area contributed by atoms with Gasteiger partial charge in [0.1, 0.15) is 5.00 Å². The molecule has 2 N–H and O–H groups in total. The lowest BCUT2D eigenvalue weighted by atomic mass is 10.4. The van der Waals surface area contributed by atoms with E-state index in [4.69, 9.17) is 0 Å². The van der Waals surface area contributed by atoms with Gasteiger partial charge in [0.25, 0.3) is 0 Å². The van der Waals surface area contributed by atoms with Gasteiger partial charge in [0, 0.05) is 13.8 Å². The fourth-order valence-electron chi connectivity index (χ4n) is 0.854. The second kappa shape index (κ2) is 4.04. The summed E-state index contributed by atoms with van der Waals surface area (Å²) in [5, 5.41) is 7.71. The molecule has 0 bridgehead atoms. The molecule has 1 aromatic heterocycles. The molecule has 0 saturated carbocycles. The lowest BCUT2D eigenvalue weighted by Gasteiger charge is -2.03. The SMILES string of the molecule is CC(=O)Nc1ccsc1NC(C)=O. The highest BCUT2D eigenvalue weighted by atomic mass is 32.1. The van der Waals surface area contributed by atoms with Gasteiger partial charge in [0.2, 0.25) is 11.8 Å². The van der Waals surface area contributed by atoms with Crippen LogP contribution in [0, 0.1) is 0 Å². The minimum absolute atomic E-state index is 0.144. The first kappa shape index (κ1) is 9.73. The Labute approximate surface area is 80.0 Å². The van der Waals surface area contributed by atoms with E-state index in [1.165, 1.54) is 25.2 Å². The van der Waals surface area contributed by atoms with Crippen molar-refractivity contribution in [3.05, 3.63) is 11.4 Å². The van der Waals surface area contributed by atoms with Crippen LogP contribution in [0.25, 0.3) is 0 Å². The number of carbonyl (C=O) groups is 2. The number of nitrogens with one attached hydrogen (secondary N) is 2. The number of hydrogen-bond acceptors (Lipinski definition) is 3. The van der Waals surface area contributed by atoms with Crippen LogP contribution in [-0.4, -0.2) is 11.8 Å². The molecule has 0 fully saturated rings. The second-order valence-electron chi connectivity index (χ2n) is 2.53. The van der Waals surface area contributed by atoms with Crippen molar-refractivity contribution < 1.29 is 9.59 Å². The van der Waals surface area contributed by atoms with Crippen molar-refractivity contribution in [2.24, 2.45) is 0 Å². The standard InChI is InChI=1S/C8H10N2O2S/c1-5(11)9-7-3-4-13-8(7)10-6(2)12/h3-4H,1-2H3,(H,9,11)(H,10,12). The van der Waals surface area contributed by atoms with E-state index in [0.29, 0.717) is 10.7 Å². The minimum Gasteiger partial charge on any atom is -0.324 e. The first-order chi connectivity index (χ1) is 6.09. The topological polar surface area (TPSA) is 58.2 Å². The summed E-state index contributed by atoms with van der Waals surface area (Å²) in [5.74, 6) is -0.293. The van der Waals surface area contributed by atoms with Gasteiger partial charge in [-0.15, -0.1) is 11.3 Å². The molecule has 1 heterocycles. The van der Waals surface area contributed by atoms with Crippen molar-refractivity contribution >= 4 is 33.8 Å². The summed E-state index contributed by atoms with van der Waals surface area (Å²) < 4.78 is 0. The highest BCUT2D eigenvalue weighted by molar-refractivity contribution is 7.15. The zero-order chi connectivity index (χ0) is 9.84.